The Morgan fingerprint density at radius 3 is 2.61 bits per heavy atom. The van der Waals surface area contributed by atoms with E-state index in [2.05, 4.69) is 10.3 Å². The second kappa shape index (κ2) is 7.45. The molecule has 124 valence electrons. The van der Waals surface area contributed by atoms with Crippen molar-refractivity contribution in [2.45, 2.75) is 38.8 Å². The van der Waals surface area contributed by atoms with Gasteiger partial charge in [-0.25, -0.2) is 14.6 Å². The number of alkyl carbamates (subject to hydrolysis) is 1. The molecule has 1 aromatic heterocycles. The number of carbonyl (C=O) groups is 2. The second-order valence-electron chi connectivity index (χ2n) is 5.75. The third-order valence-electron chi connectivity index (χ3n) is 2.66. The predicted octanol–water partition coefficient (Wildman–Crippen LogP) is 1.48. The largest absolute Gasteiger partial charge is 0.494 e. The van der Waals surface area contributed by atoms with Crippen molar-refractivity contribution in [1.29, 1.82) is 5.26 Å². The van der Waals surface area contributed by atoms with Crippen molar-refractivity contribution < 1.29 is 24.2 Å². The number of aromatic nitrogens is 1. The standard InChI is InChI=1S/C15H19N3O5/c1-15(2,3)23-14(21)18-10(13(19)20)5-9-6-12(22-4)11(7-16)17-8-9/h6,8,10H,5H2,1-4H3,(H,18,21)(H,19,20). The highest BCUT2D eigenvalue weighted by Gasteiger charge is 2.24. The summed E-state index contributed by atoms with van der Waals surface area (Å²) in [6, 6.07) is 2.19. The lowest BCUT2D eigenvalue weighted by Crippen LogP contribution is -2.44. The highest BCUT2D eigenvalue weighted by molar-refractivity contribution is 5.80. The van der Waals surface area contributed by atoms with E-state index in [1.165, 1.54) is 19.4 Å². The van der Waals surface area contributed by atoms with Crippen molar-refractivity contribution in [3.05, 3.63) is 23.5 Å². The summed E-state index contributed by atoms with van der Waals surface area (Å²) < 4.78 is 10.1. The lowest BCUT2D eigenvalue weighted by atomic mass is 10.1. The molecule has 0 fully saturated rings. The van der Waals surface area contributed by atoms with Crippen LogP contribution in [0.1, 0.15) is 32.0 Å². The number of pyridine rings is 1. The van der Waals surface area contributed by atoms with Gasteiger partial charge in [-0.2, -0.15) is 5.26 Å². The zero-order chi connectivity index (χ0) is 17.6. The Hall–Kier alpha value is -2.82. The topological polar surface area (TPSA) is 122 Å². The fourth-order valence-corrected chi connectivity index (χ4v) is 1.72. The SMILES string of the molecule is COc1cc(CC(NC(=O)OC(C)(C)C)C(=O)O)cnc1C#N. The molecule has 1 atom stereocenters. The number of hydrogen-bond donors (Lipinski definition) is 2. The van der Waals surface area contributed by atoms with Gasteiger partial charge in [0.15, 0.2) is 11.4 Å². The minimum Gasteiger partial charge on any atom is -0.494 e. The Morgan fingerprint density at radius 1 is 1.48 bits per heavy atom. The van der Waals surface area contributed by atoms with E-state index in [9.17, 15) is 14.7 Å². The zero-order valence-corrected chi connectivity index (χ0v) is 13.4. The monoisotopic (exact) mass is 321 g/mol. The van der Waals surface area contributed by atoms with Crippen LogP contribution in [0.4, 0.5) is 4.79 Å². The molecule has 1 amide bonds. The molecule has 23 heavy (non-hydrogen) atoms. The number of amides is 1. The van der Waals surface area contributed by atoms with E-state index in [0.717, 1.165) is 0 Å². The van der Waals surface area contributed by atoms with Crippen LogP contribution in [0.2, 0.25) is 0 Å². The quantitative estimate of drug-likeness (QED) is 0.842. The Morgan fingerprint density at radius 2 is 2.13 bits per heavy atom. The summed E-state index contributed by atoms with van der Waals surface area (Å²) in [5, 5.41) is 20.4. The number of nitrogens with zero attached hydrogens (tertiary/aromatic N) is 2. The number of aliphatic carboxylic acids is 1. The normalized spacial score (nSPS) is 12.0. The highest BCUT2D eigenvalue weighted by Crippen LogP contribution is 2.18. The summed E-state index contributed by atoms with van der Waals surface area (Å²) >= 11 is 0. The molecule has 0 aliphatic heterocycles. The minimum atomic E-state index is -1.21. The summed E-state index contributed by atoms with van der Waals surface area (Å²) in [5.74, 6) is -0.967. The van der Waals surface area contributed by atoms with Gasteiger partial charge in [0.2, 0.25) is 0 Å². The van der Waals surface area contributed by atoms with E-state index < -0.39 is 23.7 Å². The van der Waals surface area contributed by atoms with Crippen LogP contribution in [0.25, 0.3) is 0 Å². The van der Waals surface area contributed by atoms with Gasteiger partial charge < -0.3 is 19.9 Å². The van der Waals surface area contributed by atoms with Crippen LogP contribution in [0.3, 0.4) is 0 Å². The molecule has 8 heteroatoms. The van der Waals surface area contributed by atoms with Crippen molar-refractivity contribution in [2.24, 2.45) is 0 Å². The third-order valence-corrected chi connectivity index (χ3v) is 2.66. The number of methoxy groups -OCH3 is 1. The van der Waals surface area contributed by atoms with Crippen LogP contribution >= 0.6 is 0 Å². The summed E-state index contributed by atoms with van der Waals surface area (Å²) in [6.07, 6.45) is 0.524. The van der Waals surface area contributed by atoms with Crippen LogP contribution in [-0.2, 0) is 16.0 Å². The van der Waals surface area contributed by atoms with Gasteiger partial charge >= 0.3 is 12.1 Å². The van der Waals surface area contributed by atoms with Crippen LogP contribution in [0, 0.1) is 11.3 Å². The first-order chi connectivity index (χ1) is 10.7. The smallest absolute Gasteiger partial charge is 0.408 e. The van der Waals surface area contributed by atoms with Crippen molar-refractivity contribution in [3.63, 3.8) is 0 Å². The summed E-state index contributed by atoms with van der Waals surface area (Å²) in [6.45, 7) is 5.03. The lowest BCUT2D eigenvalue weighted by Gasteiger charge is -2.22. The van der Waals surface area contributed by atoms with Gasteiger partial charge in [0.05, 0.1) is 7.11 Å². The summed E-state index contributed by atoms with van der Waals surface area (Å²) in [5.41, 5.74) is -0.126. The van der Waals surface area contributed by atoms with Crippen molar-refractivity contribution >= 4 is 12.1 Å². The number of carboxylic acids is 1. The molecule has 0 saturated heterocycles. The van der Waals surface area contributed by atoms with Crippen LogP contribution in [0.15, 0.2) is 12.3 Å². The summed E-state index contributed by atoms with van der Waals surface area (Å²) in [4.78, 5) is 26.9. The van der Waals surface area contributed by atoms with E-state index in [1.54, 1.807) is 20.8 Å². The van der Waals surface area contributed by atoms with Gasteiger partial charge in [0.1, 0.15) is 17.7 Å². The number of ether oxygens (including phenoxy) is 2. The number of carbonyl (C=O) groups excluding carboxylic acids is 1. The first-order valence-electron chi connectivity index (χ1n) is 6.81. The molecule has 0 saturated carbocycles. The van der Waals surface area contributed by atoms with Crippen molar-refractivity contribution in [2.75, 3.05) is 7.11 Å². The van der Waals surface area contributed by atoms with Crippen LogP contribution in [0.5, 0.6) is 5.75 Å². The van der Waals surface area contributed by atoms with E-state index in [1.807, 2.05) is 6.07 Å². The molecule has 1 rings (SSSR count). The van der Waals surface area contributed by atoms with Crippen LogP contribution < -0.4 is 10.1 Å². The molecule has 0 aromatic carbocycles. The Labute approximate surface area is 134 Å². The molecule has 0 aliphatic rings. The van der Waals surface area contributed by atoms with Gasteiger partial charge in [-0.15, -0.1) is 0 Å². The zero-order valence-electron chi connectivity index (χ0n) is 13.4. The van der Waals surface area contributed by atoms with E-state index in [0.29, 0.717) is 5.56 Å². The fraction of sp³-hybridized carbons (Fsp3) is 0.467. The molecule has 0 aliphatic carbocycles. The first-order valence-corrected chi connectivity index (χ1v) is 6.81. The van der Waals surface area contributed by atoms with Crippen molar-refractivity contribution in [1.82, 2.24) is 10.3 Å². The van der Waals surface area contributed by atoms with Gasteiger partial charge in [0, 0.05) is 12.6 Å². The second-order valence-corrected chi connectivity index (χ2v) is 5.75. The van der Waals surface area contributed by atoms with Gasteiger partial charge in [0.25, 0.3) is 0 Å². The average molecular weight is 321 g/mol. The molecular formula is C15H19N3O5. The third kappa shape index (κ3) is 5.82. The molecular weight excluding hydrogens is 302 g/mol. The van der Waals surface area contributed by atoms with Gasteiger partial charge in [-0.1, -0.05) is 0 Å². The number of nitriles is 1. The predicted molar refractivity (Wildman–Crippen MR) is 80.0 cm³/mol. The molecule has 1 aromatic rings. The number of nitrogens with one attached hydrogen (secondary N) is 1. The molecule has 1 heterocycles. The van der Waals surface area contributed by atoms with Crippen LogP contribution in [-0.4, -0.2) is 40.9 Å². The van der Waals surface area contributed by atoms with Gasteiger partial charge in [-0.3, -0.25) is 0 Å². The minimum absolute atomic E-state index is 0.0242. The molecule has 1 unspecified atom stereocenters. The van der Waals surface area contributed by atoms with E-state index in [4.69, 9.17) is 14.7 Å². The molecule has 0 bridgehead atoms. The number of hydrogen-bond acceptors (Lipinski definition) is 6. The lowest BCUT2D eigenvalue weighted by molar-refractivity contribution is -0.139. The maximum absolute atomic E-state index is 11.7. The number of rotatable bonds is 5. The molecule has 0 radical (unpaired) electrons. The molecule has 0 spiro atoms. The Balaban J connectivity index is 2.87. The maximum atomic E-state index is 11.7. The fourth-order valence-electron chi connectivity index (χ4n) is 1.72. The molecule has 8 nitrogen and oxygen atoms in total. The number of carboxylic acid groups (broad SMARTS) is 1. The molecule has 2 N–H and O–H groups in total. The maximum Gasteiger partial charge on any atom is 0.408 e. The Bertz CT molecular complexity index is 631. The van der Waals surface area contributed by atoms with E-state index >= 15 is 0 Å². The Kier molecular flexibility index (Phi) is 5.90. The van der Waals surface area contributed by atoms with E-state index in [-0.39, 0.29) is 17.9 Å². The summed E-state index contributed by atoms with van der Waals surface area (Å²) in [7, 11) is 1.38. The van der Waals surface area contributed by atoms with Crippen molar-refractivity contribution in [3.8, 4) is 11.8 Å². The highest BCUT2D eigenvalue weighted by atomic mass is 16.6. The average Bonchev–Trinajstić information content (AvgIpc) is 2.44. The van der Waals surface area contributed by atoms with Gasteiger partial charge in [-0.05, 0) is 32.4 Å². The first kappa shape index (κ1) is 18.2.